The summed E-state index contributed by atoms with van der Waals surface area (Å²) in [6.07, 6.45) is 0. The summed E-state index contributed by atoms with van der Waals surface area (Å²) in [6.45, 7) is 0. The number of nitrogens with zero attached hydrogens (tertiary/aromatic N) is 4. The van der Waals surface area contributed by atoms with Crippen molar-refractivity contribution in [2.24, 2.45) is 0 Å². The molecule has 0 atom stereocenters. The molecule has 0 aliphatic carbocycles. The van der Waals surface area contributed by atoms with E-state index in [2.05, 4.69) is 31.5 Å². The van der Waals surface area contributed by atoms with Gasteiger partial charge in [-0.15, -0.1) is 5.10 Å². The zero-order valence-electron chi connectivity index (χ0n) is 10.5. The lowest BCUT2D eigenvalue weighted by Gasteiger charge is -2.07. The summed E-state index contributed by atoms with van der Waals surface area (Å²) in [5.74, 6) is -0.965. The monoisotopic (exact) mass is 351 g/mol. The molecular formula is C13H8BrF2N5. The minimum atomic E-state index is -0.646. The number of tetrazole rings is 1. The fourth-order valence-electron chi connectivity index (χ4n) is 1.84. The van der Waals surface area contributed by atoms with E-state index in [9.17, 15) is 8.78 Å². The Labute approximate surface area is 126 Å². The Morgan fingerprint density at radius 2 is 1.76 bits per heavy atom. The van der Waals surface area contributed by atoms with Gasteiger partial charge in [-0.3, -0.25) is 0 Å². The zero-order valence-corrected chi connectivity index (χ0v) is 12.1. The van der Waals surface area contributed by atoms with Gasteiger partial charge in [0.1, 0.15) is 17.3 Å². The average Bonchev–Trinajstić information content (AvgIpc) is 2.93. The number of halogens is 3. The summed E-state index contributed by atoms with van der Waals surface area (Å²) in [5, 5.41) is 11.1. The predicted octanol–water partition coefficient (Wildman–Crippen LogP) is 2.95. The maximum atomic E-state index is 14.0. The first-order valence-electron chi connectivity index (χ1n) is 5.85. The molecule has 1 aromatic heterocycles. The third-order valence-electron chi connectivity index (χ3n) is 2.86. The second-order valence-corrected chi connectivity index (χ2v) is 5.11. The number of anilines is 1. The van der Waals surface area contributed by atoms with Gasteiger partial charge < -0.3 is 5.73 Å². The van der Waals surface area contributed by atoms with Gasteiger partial charge in [0.25, 0.3) is 0 Å². The highest BCUT2D eigenvalue weighted by Crippen LogP contribution is 2.25. The first-order chi connectivity index (χ1) is 10.1. The van der Waals surface area contributed by atoms with Crippen molar-refractivity contribution in [2.75, 3.05) is 5.73 Å². The lowest BCUT2D eigenvalue weighted by Crippen LogP contribution is -2.04. The van der Waals surface area contributed by atoms with Crippen molar-refractivity contribution >= 4 is 21.6 Å². The summed E-state index contributed by atoms with van der Waals surface area (Å²) in [6, 6.07) is 8.80. The molecular weight excluding hydrogens is 344 g/mol. The van der Waals surface area contributed by atoms with Gasteiger partial charge in [0, 0.05) is 17.3 Å². The van der Waals surface area contributed by atoms with E-state index >= 15 is 0 Å². The molecule has 0 aliphatic rings. The average molecular weight is 352 g/mol. The first kappa shape index (κ1) is 13.6. The Bertz CT molecular complexity index is 801. The quantitative estimate of drug-likeness (QED) is 0.569. The molecule has 21 heavy (non-hydrogen) atoms. The Kier molecular flexibility index (Phi) is 3.38. The van der Waals surface area contributed by atoms with Gasteiger partial charge in [0.2, 0.25) is 0 Å². The van der Waals surface area contributed by atoms with Crippen molar-refractivity contribution < 1.29 is 8.78 Å². The van der Waals surface area contributed by atoms with Crippen molar-refractivity contribution in [3.05, 3.63) is 52.5 Å². The van der Waals surface area contributed by atoms with E-state index in [0.29, 0.717) is 11.3 Å². The van der Waals surface area contributed by atoms with Gasteiger partial charge in [0.15, 0.2) is 5.82 Å². The molecule has 0 aliphatic heterocycles. The fourth-order valence-corrected chi connectivity index (χ4v) is 2.15. The van der Waals surface area contributed by atoms with Gasteiger partial charge in [0.05, 0.1) is 4.47 Å². The van der Waals surface area contributed by atoms with Crippen molar-refractivity contribution in [1.82, 2.24) is 20.2 Å². The lowest BCUT2D eigenvalue weighted by molar-refractivity contribution is 0.580. The molecule has 106 valence electrons. The van der Waals surface area contributed by atoms with Gasteiger partial charge in [-0.1, -0.05) is 0 Å². The number of hydrogen-bond acceptors (Lipinski definition) is 4. The fraction of sp³-hybridized carbons (Fsp3) is 0. The highest BCUT2D eigenvalue weighted by molar-refractivity contribution is 9.10. The maximum absolute atomic E-state index is 14.0. The third-order valence-corrected chi connectivity index (χ3v) is 3.46. The van der Waals surface area contributed by atoms with Gasteiger partial charge >= 0.3 is 0 Å². The lowest BCUT2D eigenvalue weighted by atomic mass is 10.2. The maximum Gasteiger partial charge on any atom is 0.187 e. The number of hydrogen-bond donors (Lipinski definition) is 1. The summed E-state index contributed by atoms with van der Waals surface area (Å²) < 4.78 is 28.8. The van der Waals surface area contributed by atoms with Gasteiger partial charge in [-0.2, -0.15) is 4.68 Å². The molecule has 0 spiro atoms. The molecule has 8 heteroatoms. The molecule has 5 nitrogen and oxygen atoms in total. The molecule has 2 N–H and O–H groups in total. The van der Waals surface area contributed by atoms with Crippen LogP contribution in [0.25, 0.3) is 17.1 Å². The van der Waals surface area contributed by atoms with Crippen molar-refractivity contribution in [1.29, 1.82) is 0 Å². The molecule has 0 saturated carbocycles. The molecule has 1 heterocycles. The Hall–Kier alpha value is -2.35. The molecule has 0 radical (unpaired) electrons. The molecule has 0 saturated heterocycles. The molecule has 0 fully saturated rings. The van der Waals surface area contributed by atoms with Crippen molar-refractivity contribution in [3.8, 4) is 17.1 Å². The highest BCUT2D eigenvalue weighted by Gasteiger charge is 2.16. The van der Waals surface area contributed by atoms with Crippen LogP contribution in [0.1, 0.15) is 0 Å². The van der Waals surface area contributed by atoms with Gasteiger partial charge in [-0.25, -0.2) is 8.78 Å². The second-order valence-electron chi connectivity index (χ2n) is 4.25. The van der Waals surface area contributed by atoms with Crippen LogP contribution in [0.2, 0.25) is 0 Å². The summed E-state index contributed by atoms with van der Waals surface area (Å²) >= 11 is 2.93. The first-order valence-corrected chi connectivity index (χ1v) is 6.65. The Balaban J connectivity index is 2.15. The standard InChI is InChI=1S/C13H8BrF2N5/c14-9-5-11(16)12(6-10(9)15)21-13(18-19-20-21)7-1-3-8(17)4-2-7/h1-6H,17H2. The summed E-state index contributed by atoms with van der Waals surface area (Å²) in [7, 11) is 0. The number of nitrogen functional groups attached to an aromatic ring is 1. The summed E-state index contributed by atoms with van der Waals surface area (Å²) in [5.41, 5.74) is 6.76. The van der Waals surface area contributed by atoms with E-state index in [1.54, 1.807) is 24.3 Å². The van der Waals surface area contributed by atoms with E-state index in [1.807, 2.05) is 0 Å². The predicted molar refractivity (Wildman–Crippen MR) is 76.6 cm³/mol. The van der Waals surface area contributed by atoms with Gasteiger partial charge in [-0.05, 0) is 56.7 Å². The normalized spacial score (nSPS) is 10.8. The third kappa shape index (κ3) is 2.49. The molecule has 3 rings (SSSR count). The summed E-state index contributed by atoms with van der Waals surface area (Å²) in [4.78, 5) is 0. The number of aromatic nitrogens is 4. The van der Waals surface area contributed by atoms with Crippen molar-refractivity contribution in [3.63, 3.8) is 0 Å². The van der Waals surface area contributed by atoms with Crippen LogP contribution in [0.4, 0.5) is 14.5 Å². The second kappa shape index (κ2) is 5.21. The van der Waals surface area contributed by atoms with E-state index in [0.717, 1.165) is 16.8 Å². The molecule has 2 aromatic carbocycles. The number of rotatable bonds is 2. The molecule has 0 amide bonds. The minimum Gasteiger partial charge on any atom is -0.399 e. The van der Waals surface area contributed by atoms with Crippen LogP contribution in [-0.4, -0.2) is 20.2 Å². The number of nitrogens with two attached hydrogens (primary N) is 1. The van der Waals surface area contributed by atoms with E-state index < -0.39 is 11.6 Å². The van der Waals surface area contributed by atoms with Crippen LogP contribution in [0.15, 0.2) is 40.9 Å². The van der Waals surface area contributed by atoms with Crippen LogP contribution < -0.4 is 5.73 Å². The van der Waals surface area contributed by atoms with Crippen LogP contribution in [0, 0.1) is 11.6 Å². The van der Waals surface area contributed by atoms with E-state index in [-0.39, 0.29) is 16.0 Å². The topological polar surface area (TPSA) is 69.6 Å². The van der Waals surface area contributed by atoms with E-state index in [4.69, 9.17) is 5.73 Å². The Morgan fingerprint density at radius 1 is 1.05 bits per heavy atom. The van der Waals surface area contributed by atoms with Crippen molar-refractivity contribution in [2.45, 2.75) is 0 Å². The largest absolute Gasteiger partial charge is 0.399 e. The van der Waals surface area contributed by atoms with Crippen LogP contribution >= 0.6 is 15.9 Å². The molecule has 3 aromatic rings. The molecule has 0 bridgehead atoms. The zero-order chi connectivity index (χ0) is 15.0. The smallest absolute Gasteiger partial charge is 0.187 e. The SMILES string of the molecule is Nc1ccc(-c2nnnn2-c2cc(F)c(Br)cc2F)cc1. The molecule has 0 unspecified atom stereocenters. The van der Waals surface area contributed by atoms with Crippen LogP contribution in [0.5, 0.6) is 0 Å². The van der Waals surface area contributed by atoms with Crippen LogP contribution in [-0.2, 0) is 0 Å². The van der Waals surface area contributed by atoms with E-state index in [1.165, 1.54) is 0 Å². The highest BCUT2D eigenvalue weighted by atomic mass is 79.9. The number of benzene rings is 2. The minimum absolute atomic E-state index is 0.0332. The van der Waals surface area contributed by atoms with Crippen LogP contribution in [0.3, 0.4) is 0 Å². The Morgan fingerprint density at radius 3 is 2.48 bits per heavy atom.